The van der Waals surface area contributed by atoms with Gasteiger partial charge in [-0.1, -0.05) is 17.3 Å². The number of hydrogen-bond acceptors (Lipinski definition) is 6. The van der Waals surface area contributed by atoms with Crippen LogP contribution in [0, 0.1) is 5.82 Å². The minimum absolute atomic E-state index is 0.209. The third-order valence-electron chi connectivity index (χ3n) is 5.10. The summed E-state index contributed by atoms with van der Waals surface area (Å²) < 4.78 is 35.1. The quantitative estimate of drug-likeness (QED) is 0.706. The van der Waals surface area contributed by atoms with Crippen LogP contribution in [0.2, 0.25) is 0 Å². The highest BCUT2D eigenvalue weighted by atomic mass is 19.1. The van der Waals surface area contributed by atoms with Crippen LogP contribution in [-0.4, -0.2) is 30.7 Å². The molecule has 0 unspecified atom stereocenters. The van der Waals surface area contributed by atoms with Gasteiger partial charge in [-0.25, -0.2) is 4.39 Å². The largest absolute Gasteiger partial charge is 0.454 e. The van der Waals surface area contributed by atoms with Crippen LogP contribution < -0.4 is 14.8 Å². The van der Waals surface area contributed by atoms with E-state index in [-0.39, 0.29) is 18.1 Å². The van der Waals surface area contributed by atoms with E-state index in [1.807, 2.05) is 24.3 Å². The Morgan fingerprint density at radius 2 is 1.93 bits per heavy atom. The molecule has 0 amide bonds. The van der Waals surface area contributed by atoms with E-state index < -0.39 is 0 Å². The van der Waals surface area contributed by atoms with Crippen molar-refractivity contribution in [2.24, 2.45) is 0 Å². The summed E-state index contributed by atoms with van der Waals surface area (Å²) in [5, 5.41) is 7.78. The van der Waals surface area contributed by atoms with Gasteiger partial charge in [-0.15, -0.1) is 0 Å². The Morgan fingerprint density at radius 3 is 2.71 bits per heavy atom. The van der Waals surface area contributed by atoms with E-state index >= 15 is 0 Å². The first-order valence-electron chi connectivity index (χ1n) is 9.13. The topological polar surface area (TPSA) is 65.8 Å². The molecule has 2 aromatic carbocycles. The number of para-hydroxylation sites is 1. The van der Waals surface area contributed by atoms with Crippen LogP contribution in [0.25, 0.3) is 11.3 Å². The Labute approximate surface area is 161 Å². The molecule has 1 aromatic heterocycles. The number of fused-ring (bicyclic) bond motifs is 1. The van der Waals surface area contributed by atoms with Crippen LogP contribution in [0.15, 0.2) is 53.1 Å². The van der Waals surface area contributed by atoms with E-state index in [9.17, 15) is 4.39 Å². The van der Waals surface area contributed by atoms with Crippen LogP contribution >= 0.6 is 0 Å². The fourth-order valence-electron chi connectivity index (χ4n) is 3.52. The molecule has 2 aliphatic rings. The van der Waals surface area contributed by atoms with Gasteiger partial charge in [-0.05, 0) is 30.3 Å². The van der Waals surface area contributed by atoms with E-state index in [0.717, 1.165) is 28.3 Å². The Balaban J connectivity index is 1.29. The SMILES string of the molecule is Fc1ccc(-c2cc(CC3(NCc4cccc5c4OCO5)COC3)no2)cc1. The third kappa shape index (κ3) is 3.23. The Morgan fingerprint density at radius 1 is 1.07 bits per heavy atom. The molecule has 3 aromatic rings. The van der Waals surface area contributed by atoms with Crippen LogP contribution in [0.1, 0.15) is 11.3 Å². The van der Waals surface area contributed by atoms with Gasteiger partial charge in [0.25, 0.3) is 0 Å². The van der Waals surface area contributed by atoms with Crippen molar-refractivity contribution < 1.29 is 23.1 Å². The molecule has 1 N–H and O–H groups in total. The van der Waals surface area contributed by atoms with Crippen molar-refractivity contribution in [1.29, 1.82) is 0 Å². The zero-order valence-electron chi connectivity index (χ0n) is 15.1. The zero-order valence-corrected chi connectivity index (χ0v) is 15.1. The molecule has 0 spiro atoms. The van der Waals surface area contributed by atoms with Gasteiger partial charge in [0.05, 0.1) is 24.4 Å². The van der Waals surface area contributed by atoms with Gasteiger partial charge < -0.3 is 24.1 Å². The average Bonchev–Trinajstić information content (AvgIpc) is 3.34. The maximum atomic E-state index is 13.1. The first-order chi connectivity index (χ1) is 13.7. The average molecular weight is 382 g/mol. The predicted octanol–water partition coefficient (Wildman–Crippen LogP) is 3.31. The van der Waals surface area contributed by atoms with E-state index in [2.05, 4.69) is 10.5 Å². The summed E-state index contributed by atoms with van der Waals surface area (Å²) in [6, 6.07) is 14.0. The van der Waals surface area contributed by atoms with E-state index in [1.54, 1.807) is 12.1 Å². The Hall–Kier alpha value is -2.90. The molecule has 28 heavy (non-hydrogen) atoms. The lowest BCUT2D eigenvalue weighted by Crippen LogP contribution is -2.61. The van der Waals surface area contributed by atoms with Crippen LogP contribution in [0.3, 0.4) is 0 Å². The summed E-state index contributed by atoms with van der Waals surface area (Å²) in [5.41, 5.74) is 2.46. The number of ether oxygens (including phenoxy) is 3. The van der Waals surface area contributed by atoms with Crippen molar-refractivity contribution in [3.05, 3.63) is 65.6 Å². The number of benzene rings is 2. The molecule has 0 radical (unpaired) electrons. The molecule has 7 heteroatoms. The number of nitrogens with one attached hydrogen (secondary N) is 1. The van der Waals surface area contributed by atoms with Crippen molar-refractivity contribution in [2.75, 3.05) is 20.0 Å². The Kier molecular flexibility index (Phi) is 4.26. The maximum Gasteiger partial charge on any atom is 0.231 e. The van der Waals surface area contributed by atoms with Crippen LogP contribution in [0.4, 0.5) is 4.39 Å². The molecule has 3 heterocycles. The molecular formula is C21H19FN2O4. The van der Waals surface area contributed by atoms with Crippen molar-refractivity contribution in [3.63, 3.8) is 0 Å². The predicted molar refractivity (Wildman–Crippen MR) is 98.6 cm³/mol. The summed E-state index contributed by atoms with van der Waals surface area (Å²) in [4.78, 5) is 0. The molecule has 0 bridgehead atoms. The second-order valence-electron chi connectivity index (χ2n) is 7.14. The Bertz CT molecular complexity index is 982. The molecule has 6 nitrogen and oxygen atoms in total. The maximum absolute atomic E-state index is 13.1. The van der Waals surface area contributed by atoms with Crippen molar-refractivity contribution in [1.82, 2.24) is 10.5 Å². The number of halogens is 1. The van der Waals surface area contributed by atoms with Crippen molar-refractivity contribution >= 4 is 0 Å². The minimum atomic E-state index is -0.278. The van der Waals surface area contributed by atoms with Gasteiger partial charge in [-0.3, -0.25) is 0 Å². The van der Waals surface area contributed by atoms with Crippen molar-refractivity contribution in [2.45, 2.75) is 18.5 Å². The summed E-state index contributed by atoms with van der Waals surface area (Å²) in [7, 11) is 0. The lowest BCUT2D eigenvalue weighted by Gasteiger charge is -2.42. The summed E-state index contributed by atoms with van der Waals surface area (Å²) in [6.45, 7) is 2.08. The smallest absolute Gasteiger partial charge is 0.231 e. The molecule has 2 aliphatic heterocycles. The molecule has 1 fully saturated rings. The highest BCUT2D eigenvalue weighted by Gasteiger charge is 2.39. The number of nitrogens with zero attached hydrogens (tertiary/aromatic N) is 1. The molecule has 144 valence electrons. The van der Waals surface area contributed by atoms with Gasteiger partial charge >= 0.3 is 0 Å². The highest BCUT2D eigenvalue weighted by molar-refractivity contribution is 5.57. The summed E-state index contributed by atoms with van der Waals surface area (Å²) in [5.74, 6) is 1.92. The van der Waals surface area contributed by atoms with E-state index in [4.69, 9.17) is 18.7 Å². The summed E-state index contributed by atoms with van der Waals surface area (Å²) in [6.07, 6.45) is 0.671. The van der Waals surface area contributed by atoms with Gasteiger partial charge in [0.2, 0.25) is 6.79 Å². The normalized spacial score (nSPS) is 16.8. The lowest BCUT2D eigenvalue weighted by molar-refractivity contribution is -0.0756. The highest BCUT2D eigenvalue weighted by Crippen LogP contribution is 2.36. The van der Waals surface area contributed by atoms with Crippen LogP contribution in [-0.2, 0) is 17.7 Å². The number of hydrogen-bond donors (Lipinski definition) is 1. The first kappa shape index (κ1) is 17.2. The number of rotatable bonds is 6. The fourth-order valence-corrected chi connectivity index (χ4v) is 3.52. The fraction of sp³-hybridized carbons (Fsp3) is 0.286. The molecule has 0 atom stereocenters. The zero-order chi connectivity index (χ0) is 19.0. The van der Waals surface area contributed by atoms with E-state index in [1.165, 1.54) is 12.1 Å². The first-order valence-corrected chi connectivity index (χ1v) is 9.13. The van der Waals surface area contributed by atoms with Gasteiger partial charge in [0.15, 0.2) is 17.3 Å². The van der Waals surface area contributed by atoms with Gasteiger partial charge in [0.1, 0.15) is 5.82 Å². The van der Waals surface area contributed by atoms with Gasteiger partial charge in [-0.2, -0.15) is 0 Å². The third-order valence-corrected chi connectivity index (χ3v) is 5.10. The standard InChI is InChI=1S/C21H19FN2O4/c22-16-6-4-14(5-7-16)19-8-17(24-28-19)9-21(11-25-12-21)23-10-15-2-1-3-18-20(15)27-13-26-18/h1-8,23H,9-13H2. The van der Waals surface area contributed by atoms with Gasteiger partial charge in [0, 0.05) is 30.2 Å². The minimum Gasteiger partial charge on any atom is -0.454 e. The monoisotopic (exact) mass is 382 g/mol. The second kappa shape index (κ2) is 6.92. The molecular weight excluding hydrogens is 363 g/mol. The molecule has 5 rings (SSSR count). The number of aromatic nitrogens is 1. The molecule has 0 saturated carbocycles. The van der Waals surface area contributed by atoms with Crippen molar-refractivity contribution in [3.8, 4) is 22.8 Å². The lowest BCUT2D eigenvalue weighted by atomic mass is 9.90. The summed E-state index contributed by atoms with van der Waals surface area (Å²) >= 11 is 0. The molecule has 0 aliphatic carbocycles. The van der Waals surface area contributed by atoms with Crippen LogP contribution in [0.5, 0.6) is 11.5 Å². The molecule has 1 saturated heterocycles. The second-order valence-corrected chi connectivity index (χ2v) is 7.14. The van der Waals surface area contributed by atoms with E-state index in [0.29, 0.717) is 31.9 Å².